The second-order valence-corrected chi connectivity index (χ2v) is 1.83. The molecule has 1 unspecified atom stereocenters. The summed E-state index contributed by atoms with van der Waals surface area (Å²) in [6.07, 6.45) is 3.15. The van der Waals surface area contributed by atoms with Crippen LogP contribution in [-0.4, -0.2) is 11.8 Å². The predicted molar refractivity (Wildman–Crippen MR) is 33.5 cm³/mol. The van der Waals surface area contributed by atoms with Gasteiger partial charge in [0.05, 0.1) is 0 Å². The molecule has 0 saturated carbocycles. The third kappa shape index (κ3) is 5.37. The first-order valence-electron chi connectivity index (χ1n) is 2.57. The molecule has 0 radical (unpaired) electrons. The maximum atomic E-state index is 10.2. The maximum absolute atomic E-state index is 10.2. The van der Waals surface area contributed by atoms with Crippen molar-refractivity contribution >= 4 is 5.78 Å². The highest BCUT2D eigenvalue weighted by Gasteiger charge is 1.84. The molecule has 0 spiro atoms. The minimum absolute atomic E-state index is 0.0149. The van der Waals surface area contributed by atoms with Gasteiger partial charge in [0.1, 0.15) is 0 Å². The van der Waals surface area contributed by atoms with Crippen LogP contribution in [0.15, 0.2) is 12.2 Å². The Labute approximate surface area is 49.4 Å². The van der Waals surface area contributed by atoms with Gasteiger partial charge in [-0.25, -0.2) is 0 Å². The van der Waals surface area contributed by atoms with E-state index in [2.05, 4.69) is 0 Å². The molecule has 0 aliphatic rings. The molecule has 46 valence electrons. The highest BCUT2D eigenvalue weighted by Crippen LogP contribution is 1.78. The first-order valence-corrected chi connectivity index (χ1v) is 2.57. The normalized spacial score (nSPS) is 14.4. The number of carbonyl (C=O) groups excluding carboxylic acids is 1. The molecule has 1 atom stereocenters. The average Bonchev–Trinajstić information content (AvgIpc) is 1.61. The topological polar surface area (TPSA) is 43.1 Å². The summed E-state index contributed by atoms with van der Waals surface area (Å²) in [6, 6.07) is -0.0149. The molecule has 2 N–H and O–H groups in total. The molecule has 0 bridgehead atoms. The van der Waals surface area contributed by atoms with E-state index in [1.165, 1.54) is 13.0 Å². The van der Waals surface area contributed by atoms with Gasteiger partial charge in [0.15, 0.2) is 5.78 Å². The van der Waals surface area contributed by atoms with Gasteiger partial charge in [-0.15, -0.1) is 0 Å². The van der Waals surface area contributed by atoms with Crippen LogP contribution in [0, 0.1) is 0 Å². The van der Waals surface area contributed by atoms with Crippen LogP contribution in [0.5, 0.6) is 0 Å². The SMILES string of the molecule is CC(=O)C=CC(C)N. The number of hydrogen-bond acceptors (Lipinski definition) is 2. The fourth-order valence-corrected chi connectivity index (χ4v) is 0.287. The monoisotopic (exact) mass is 113 g/mol. The van der Waals surface area contributed by atoms with Gasteiger partial charge in [-0.05, 0) is 19.9 Å². The molecule has 0 heterocycles. The quantitative estimate of drug-likeness (QED) is 0.529. The van der Waals surface area contributed by atoms with E-state index in [9.17, 15) is 4.79 Å². The molecule has 0 saturated heterocycles. The van der Waals surface area contributed by atoms with E-state index in [0.29, 0.717) is 0 Å². The van der Waals surface area contributed by atoms with E-state index >= 15 is 0 Å². The molecule has 0 aromatic rings. The Morgan fingerprint density at radius 3 is 2.38 bits per heavy atom. The molecular weight excluding hydrogens is 102 g/mol. The van der Waals surface area contributed by atoms with Crippen molar-refractivity contribution < 1.29 is 4.79 Å². The molecule has 0 aromatic heterocycles. The van der Waals surface area contributed by atoms with Crippen LogP contribution in [0.2, 0.25) is 0 Å². The molecule has 2 nitrogen and oxygen atoms in total. The highest BCUT2D eigenvalue weighted by atomic mass is 16.1. The van der Waals surface area contributed by atoms with Crippen LogP contribution in [0.25, 0.3) is 0 Å². The minimum Gasteiger partial charge on any atom is -0.325 e. The Morgan fingerprint density at radius 2 is 2.25 bits per heavy atom. The van der Waals surface area contributed by atoms with Crippen molar-refractivity contribution in [3.05, 3.63) is 12.2 Å². The molecule has 0 aromatic carbocycles. The maximum Gasteiger partial charge on any atom is 0.152 e. The third-order valence-corrected chi connectivity index (χ3v) is 0.634. The summed E-state index contributed by atoms with van der Waals surface area (Å²) in [5.41, 5.74) is 5.30. The van der Waals surface area contributed by atoms with Gasteiger partial charge in [0.25, 0.3) is 0 Å². The van der Waals surface area contributed by atoms with E-state index < -0.39 is 0 Å². The van der Waals surface area contributed by atoms with E-state index in [4.69, 9.17) is 5.73 Å². The molecule has 0 aliphatic heterocycles. The van der Waals surface area contributed by atoms with Crippen LogP contribution in [-0.2, 0) is 4.79 Å². The lowest BCUT2D eigenvalue weighted by Crippen LogP contribution is -2.10. The minimum atomic E-state index is -0.0149. The van der Waals surface area contributed by atoms with E-state index in [1.54, 1.807) is 6.08 Å². The Balaban J connectivity index is 3.50. The van der Waals surface area contributed by atoms with Crippen molar-refractivity contribution in [1.82, 2.24) is 0 Å². The van der Waals surface area contributed by atoms with Crippen molar-refractivity contribution in [3.8, 4) is 0 Å². The summed E-state index contributed by atoms with van der Waals surface area (Å²) in [7, 11) is 0. The van der Waals surface area contributed by atoms with Crippen LogP contribution in [0.4, 0.5) is 0 Å². The third-order valence-electron chi connectivity index (χ3n) is 0.634. The number of nitrogens with two attached hydrogens (primary N) is 1. The number of ketones is 1. The Hall–Kier alpha value is -0.630. The summed E-state index contributed by atoms with van der Waals surface area (Å²) in [6.45, 7) is 3.32. The van der Waals surface area contributed by atoms with Crippen molar-refractivity contribution in [2.75, 3.05) is 0 Å². The van der Waals surface area contributed by atoms with E-state index in [0.717, 1.165) is 0 Å². The summed E-state index contributed by atoms with van der Waals surface area (Å²) in [5, 5.41) is 0. The van der Waals surface area contributed by atoms with Crippen molar-refractivity contribution in [2.24, 2.45) is 5.73 Å². The second-order valence-electron chi connectivity index (χ2n) is 1.83. The van der Waals surface area contributed by atoms with Gasteiger partial charge >= 0.3 is 0 Å². The van der Waals surface area contributed by atoms with Gasteiger partial charge in [-0.1, -0.05) is 6.08 Å². The Bertz CT molecular complexity index is 105. The lowest BCUT2D eigenvalue weighted by atomic mass is 10.3. The number of hydrogen-bond donors (Lipinski definition) is 1. The molecule has 0 fully saturated rings. The summed E-state index contributed by atoms with van der Waals surface area (Å²) >= 11 is 0. The summed E-state index contributed by atoms with van der Waals surface area (Å²) in [4.78, 5) is 10.2. The first kappa shape index (κ1) is 7.37. The zero-order chi connectivity index (χ0) is 6.57. The van der Waals surface area contributed by atoms with Crippen molar-refractivity contribution in [3.63, 3.8) is 0 Å². The summed E-state index contributed by atoms with van der Waals surface area (Å²) < 4.78 is 0. The fraction of sp³-hybridized carbons (Fsp3) is 0.500. The standard InChI is InChI=1S/C6H11NO/c1-5(7)3-4-6(2)8/h3-5H,7H2,1-2H3. The lowest BCUT2D eigenvalue weighted by molar-refractivity contribution is -0.112. The van der Waals surface area contributed by atoms with Crippen LogP contribution in [0.1, 0.15) is 13.8 Å². The van der Waals surface area contributed by atoms with E-state index in [-0.39, 0.29) is 11.8 Å². The van der Waals surface area contributed by atoms with Gasteiger partial charge in [0, 0.05) is 6.04 Å². The number of carbonyl (C=O) groups is 1. The van der Waals surface area contributed by atoms with Gasteiger partial charge in [0.2, 0.25) is 0 Å². The fourth-order valence-electron chi connectivity index (χ4n) is 0.287. The van der Waals surface area contributed by atoms with Gasteiger partial charge < -0.3 is 5.73 Å². The molecule has 0 amide bonds. The molecule has 2 heteroatoms. The van der Waals surface area contributed by atoms with E-state index in [1.807, 2.05) is 6.92 Å². The summed E-state index contributed by atoms with van der Waals surface area (Å²) in [5.74, 6) is 0.0438. The average molecular weight is 113 g/mol. The van der Waals surface area contributed by atoms with Crippen LogP contribution in [0.3, 0.4) is 0 Å². The largest absolute Gasteiger partial charge is 0.325 e. The Morgan fingerprint density at radius 1 is 1.75 bits per heavy atom. The molecule has 8 heavy (non-hydrogen) atoms. The van der Waals surface area contributed by atoms with Crippen LogP contribution >= 0.6 is 0 Å². The van der Waals surface area contributed by atoms with Crippen molar-refractivity contribution in [1.29, 1.82) is 0 Å². The van der Waals surface area contributed by atoms with Gasteiger partial charge in [-0.3, -0.25) is 4.79 Å². The molecular formula is C6H11NO. The predicted octanol–water partition coefficient (Wildman–Crippen LogP) is 0.479. The Kier molecular flexibility index (Phi) is 3.12. The second kappa shape index (κ2) is 3.38. The smallest absolute Gasteiger partial charge is 0.152 e. The zero-order valence-corrected chi connectivity index (χ0v) is 5.22. The first-order chi connectivity index (χ1) is 3.63. The van der Waals surface area contributed by atoms with Gasteiger partial charge in [-0.2, -0.15) is 0 Å². The molecule has 0 rings (SSSR count). The zero-order valence-electron chi connectivity index (χ0n) is 5.22. The number of allylic oxidation sites excluding steroid dienone is 1. The van der Waals surface area contributed by atoms with Crippen molar-refractivity contribution in [2.45, 2.75) is 19.9 Å². The van der Waals surface area contributed by atoms with Crippen LogP contribution < -0.4 is 5.73 Å². The number of rotatable bonds is 2. The lowest BCUT2D eigenvalue weighted by Gasteiger charge is -1.90. The highest BCUT2D eigenvalue weighted by molar-refractivity contribution is 5.87. The molecule has 0 aliphatic carbocycles.